The summed E-state index contributed by atoms with van der Waals surface area (Å²) in [6, 6.07) is 17.6. The summed E-state index contributed by atoms with van der Waals surface area (Å²) < 4.78 is 0. The van der Waals surface area contributed by atoms with Crippen molar-refractivity contribution in [1.29, 1.82) is 0 Å². The van der Waals surface area contributed by atoms with Crippen LogP contribution in [-0.4, -0.2) is 52.2 Å². The van der Waals surface area contributed by atoms with Gasteiger partial charge in [0.2, 0.25) is 0 Å². The number of nitrogens with two attached hydrogens (primary N) is 1. The van der Waals surface area contributed by atoms with Gasteiger partial charge in [-0.15, -0.1) is 0 Å². The maximum Gasteiger partial charge on any atom is 0.154 e. The fourth-order valence-electron chi connectivity index (χ4n) is 5.49. The van der Waals surface area contributed by atoms with Gasteiger partial charge in [-0.1, -0.05) is 37.3 Å². The van der Waals surface area contributed by atoms with Crippen LogP contribution in [0.15, 0.2) is 69.7 Å². The molecular weight excluding hydrogens is 438 g/mol. The summed E-state index contributed by atoms with van der Waals surface area (Å²) in [6.07, 6.45) is 4.42. The first-order valence-electron chi connectivity index (χ1n) is 12.3. The molecule has 3 atom stereocenters. The number of aromatic nitrogens is 1. The topological polar surface area (TPSA) is 103 Å². The highest BCUT2D eigenvalue weighted by Gasteiger charge is 2.45. The normalized spacial score (nSPS) is 22.3. The molecule has 35 heavy (non-hydrogen) atoms. The van der Waals surface area contributed by atoms with Gasteiger partial charge in [-0.3, -0.25) is 5.01 Å². The number of pyridine rings is 1. The molecule has 0 radical (unpaired) electrons. The Labute approximate surface area is 204 Å². The van der Waals surface area contributed by atoms with Crippen molar-refractivity contribution in [2.75, 3.05) is 18.0 Å². The van der Waals surface area contributed by atoms with Crippen molar-refractivity contribution in [1.82, 2.24) is 9.99 Å². The van der Waals surface area contributed by atoms with Gasteiger partial charge in [-0.2, -0.15) is 5.10 Å². The molecule has 0 amide bonds. The van der Waals surface area contributed by atoms with Crippen molar-refractivity contribution in [2.45, 2.75) is 38.4 Å². The van der Waals surface area contributed by atoms with Crippen LogP contribution in [0.4, 0.5) is 5.82 Å². The number of aromatic hydroxyl groups is 1. The fraction of sp³-hybridized carbons (Fsp3) is 0.333. The predicted octanol–water partition coefficient (Wildman–Crippen LogP) is 4.05. The number of phenols is 1. The van der Waals surface area contributed by atoms with E-state index in [0.29, 0.717) is 5.84 Å². The van der Waals surface area contributed by atoms with Gasteiger partial charge in [0.15, 0.2) is 6.17 Å². The second kappa shape index (κ2) is 8.69. The van der Waals surface area contributed by atoms with Crippen LogP contribution in [0.25, 0.3) is 10.9 Å². The van der Waals surface area contributed by atoms with Gasteiger partial charge < -0.3 is 15.7 Å². The van der Waals surface area contributed by atoms with Crippen LogP contribution in [0.2, 0.25) is 0 Å². The van der Waals surface area contributed by atoms with Crippen LogP contribution in [-0.2, 0) is 0 Å². The van der Waals surface area contributed by atoms with Crippen molar-refractivity contribution >= 4 is 34.6 Å². The van der Waals surface area contributed by atoms with Crippen LogP contribution in [0.5, 0.6) is 5.75 Å². The number of rotatable bonds is 5. The summed E-state index contributed by atoms with van der Waals surface area (Å²) in [7, 11) is 0. The third-order valence-electron chi connectivity index (χ3n) is 7.18. The van der Waals surface area contributed by atoms with E-state index in [4.69, 9.17) is 20.8 Å². The Morgan fingerprint density at radius 2 is 1.91 bits per heavy atom. The molecule has 8 nitrogen and oxygen atoms in total. The van der Waals surface area contributed by atoms with Gasteiger partial charge in [-0.05, 0) is 43.5 Å². The molecule has 4 heterocycles. The molecule has 1 aromatic heterocycles. The van der Waals surface area contributed by atoms with E-state index in [2.05, 4.69) is 46.1 Å². The Kier molecular flexibility index (Phi) is 5.36. The number of benzene rings is 2. The molecule has 3 aromatic rings. The number of aliphatic imine (C=N–C) groups is 2. The Morgan fingerprint density at radius 3 is 2.71 bits per heavy atom. The van der Waals surface area contributed by atoms with E-state index in [9.17, 15) is 5.11 Å². The van der Waals surface area contributed by atoms with Crippen molar-refractivity contribution < 1.29 is 5.11 Å². The zero-order valence-electron chi connectivity index (χ0n) is 19.7. The Balaban J connectivity index is 1.49. The van der Waals surface area contributed by atoms with E-state index in [1.807, 2.05) is 18.2 Å². The van der Waals surface area contributed by atoms with E-state index < -0.39 is 0 Å². The van der Waals surface area contributed by atoms with Gasteiger partial charge in [0.1, 0.15) is 29.7 Å². The standard InChI is InChI=1S/C27H29N7O/c1-2-22(20-15-17-8-3-4-11-21(17)31-26(20)33-12-5-6-13-33)34-27-23(25(28)29-16-30-27)24(32-34)18-9-7-10-19(35)14-18/h3-4,7-11,14-16,22-23,27,35H,2,5-6,12-13H2,1H3,(H2,28,29,30). The number of para-hydroxylation sites is 1. The van der Waals surface area contributed by atoms with E-state index in [-0.39, 0.29) is 23.9 Å². The molecule has 178 valence electrons. The van der Waals surface area contributed by atoms with Crippen molar-refractivity contribution in [2.24, 2.45) is 26.7 Å². The molecule has 0 aliphatic carbocycles. The average Bonchev–Trinajstić information content (AvgIpc) is 3.54. The lowest BCUT2D eigenvalue weighted by Gasteiger charge is -2.34. The van der Waals surface area contributed by atoms with Gasteiger partial charge in [0, 0.05) is 29.6 Å². The molecule has 3 aliphatic rings. The second-order valence-corrected chi connectivity index (χ2v) is 9.34. The Morgan fingerprint density at radius 1 is 1.09 bits per heavy atom. The van der Waals surface area contributed by atoms with Crippen LogP contribution >= 0.6 is 0 Å². The Hall–Kier alpha value is -3.94. The van der Waals surface area contributed by atoms with Gasteiger partial charge in [0.05, 0.1) is 17.3 Å². The predicted molar refractivity (Wildman–Crippen MR) is 140 cm³/mol. The summed E-state index contributed by atoms with van der Waals surface area (Å²) >= 11 is 0. The molecule has 1 fully saturated rings. The third kappa shape index (κ3) is 3.69. The van der Waals surface area contributed by atoms with Crippen molar-refractivity contribution in [3.63, 3.8) is 0 Å². The minimum absolute atomic E-state index is 0.0481. The molecule has 6 rings (SSSR count). The van der Waals surface area contributed by atoms with Crippen molar-refractivity contribution in [3.8, 4) is 5.75 Å². The Bertz CT molecular complexity index is 1360. The highest BCUT2D eigenvalue weighted by atomic mass is 16.3. The molecule has 0 saturated carbocycles. The summed E-state index contributed by atoms with van der Waals surface area (Å²) in [5.74, 6) is 1.43. The molecule has 3 unspecified atom stereocenters. The lowest BCUT2D eigenvalue weighted by molar-refractivity contribution is 0.150. The highest BCUT2D eigenvalue weighted by Crippen LogP contribution is 2.41. The largest absolute Gasteiger partial charge is 0.508 e. The third-order valence-corrected chi connectivity index (χ3v) is 7.18. The number of hydrogen-bond donors (Lipinski definition) is 2. The summed E-state index contributed by atoms with van der Waals surface area (Å²) in [4.78, 5) is 16.6. The molecule has 3 aliphatic heterocycles. The molecule has 8 heteroatoms. The van der Waals surface area contributed by atoms with Crippen LogP contribution in [0, 0.1) is 5.92 Å². The van der Waals surface area contributed by atoms with E-state index in [1.54, 1.807) is 12.1 Å². The number of amidine groups is 1. The number of nitrogens with zero attached hydrogens (tertiary/aromatic N) is 6. The van der Waals surface area contributed by atoms with Crippen LogP contribution < -0.4 is 10.6 Å². The quantitative estimate of drug-likeness (QED) is 0.589. The molecule has 0 spiro atoms. The zero-order chi connectivity index (χ0) is 23.9. The van der Waals surface area contributed by atoms with E-state index in [1.165, 1.54) is 19.2 Å². The average molecular weight is 468 g/mol. The zero-order valence-corrected chi connectivity index (χ0v) is 19.7. The highest BCUT2D eigenvalue weighted by molar-refractivity contribution is 6.17. The monoisotopic (exact) mass is 467 g/mol. The van der Waals surface area contributed by atoms with Gasteiger partial charge >= 0.3 is 0 Å². The smallest absolute Gasteiger partial charge is 0.154 e. The van der Waals surface area contributed by atoms with Crippen molar-refractivity contribution in [3.05, 3.63) is 65.7 Å². The van der Waals surface area contributed by atoms with Crippen LogP contribution in [0.3, 0.4) is 0 Å². The van der Waals surface area contributed by atoms with Gasteiger partial charge in [-0.25, -0.2) is 15.0 Å². The maximum atomic E-state index is 10.1. The first-order chi connectivity index (χ1) is 17.1. The first kappa shape index (κ1) is 21.6. The molecule has 1 saturated heterocycles. The number of hydrogen-bond acceptors (Lipinski definition) is 8. The first-order valence-corrected chi connectivity index (χ1v) is 12.3. The summed E-state index contributed by atoms with van der Waals surface area (Å²) in [6.45, 7) is 4.20. The summed E-state index contributed by atoms with van der Waals surface area (Å²) in [5.41, 5.74) is 10.2. The number of phenolic OH excluding ortho intramolecular Hbond substituents is 1. The van der Waals surface area contributed by atoms with E-state index >= 15 is 0 Å². The molecule has 0 bridgehead atoms. The van der Waals surface area contributed by atoms with Gasteiger partial charge in [0.25, 0.3) is 0 Å². The minimum atomic E-state index is -0.298. The minimum Gasteiger partial charge on any atom is -0.508 e. The number of anilines is 1. The lowest BCUT2D eigenvalue weighted by Crippen LogP contribution is -2.43. The number of fused-ring (bicyclic) bond motifs is 2. The SMILES string of the molecule is CCC(c1cc2ccccc2nc1N1CCCC1)N1N=C(c2cccc(O)c2)C2C(N)=NC=NC21. The fourth-order valence-corrected chi connectivity index (χ4v) is 5.49. The second-order valence-electron chi connectivity index (χ2n) is 9.34. The molecule has 3 N–H and O–H groups in total. The van der Waals surface area contributed by atoms with E-state index in [0.717, 1.165) is 53.1 Å². The van der Waals surface area contributed by atoms with Crippen LogP contribution in [0.1, 0.15) is 43.4 Å². The lowest BCUT2D eigenvalue weighted by atomic mass is 9.92. The molecule has 2 aromatic carbocycles. The number of hydrazone groups is 1. The maximum absolute atomic E-state index is 10.1. The molecular formula is C27H29N7O. The summed E-state index contributed by atoms with van der Waals surface area (Å²) in [5, 5.41) is 18.4.